The summed E-state index contributed by atoms with van der Waals surface area (Å²) in [5.41, 5.74) is 4.27. The minimum Gasteiger partial charge on any atom is -0.451 e. The number of benzene rings is 2. The van der Waals surface area contributed by atoms with Crippen molar-refractivity contribution in [2.75, 3.05) is 0 Å². The van der Waals surface area contributed by atoms with Crippen LogP contribution in [-0.4, -0.2) is 5.97 Å². The summed E-state index contributed by atoms with van der Waals surface area (Å²) < 4.78 is 5.48. The number of esters is 1. The lowest BCUT2D eigenvalue weighted by Crippen LogP contribution is -2.23. The average Bonchev–Trinajstić information content (AvgIpc) is 2.98. The molecule has 0 bridgehead atoms. The molecule has 0 aromatic heterocycles. The maximum absolute atomic E-state index is 11.6. The van der Waals surface area contributed by atoms with Gasteiger partial charge in [0.1, 0.15) is 5.60 Å². The third-order valence-corrected chi connectivity index (χ3v) is 4.18. The lowest BCUT2D eigenvalue weighted by molar-refractivity contribution is -0.0126. The Labute approximate surface area is 119 Å². The first-order valence-corrected chi connectivity index (χ1v) is 7.13. The number of rotatable bonds is 2. The molecule has 20 heavy (non-hydrogen) atoms. The van der Waals surface area contributed by atoms with Gasteiger partial charge in [0.2, 0.25) is 0 Å². The predicted molar refractivity (Wildman–Crippen MR) is 79.6 cm³/mol. The molecule has 1 aromatic carbocycles. The third kappa shape index (κ3) is 2.01. The Balaban J connectivity index is 0.000000165. The molecule has 0 spiro atoms. The molecule has 2 aliphatic carbocycles. The van der Waals surface area contributed by atoms with Crippen LogP contribution in [0.25, 0.3) is 11.1 Å². The number of carbonyl (C=O) groups is 1. The lowest BCUT2D eigenvalue weighted by Gasteiger charge is -2.25. The third-order valence-electron chi connectivity index (χ3n) is 4.18. The second-order valence-corrected chi connectivity index (χ2v) is 5.22. The molecular formula is C18H18O2. The summed E-state index contributed by atoms with van der Waals surface area (Å²) in [5.74, 6) is -0.177. The second-order valence-electron chi connectivity index (χ2n) is 5.22. The molecule has 0 unspecified atom stereocenters. The highest BCUT2D eigenvalue weighted by Gasteiger charge is 2.42. The maximum Gasteiger partial charge on any atom is 0.339 e. The van der Waals surface area contributed by atoms with Crippen LogP contribution in [0.1, 0.15) is 42.6 Å². The Morgan fingerprint density at radius 3 is 2.10 bits per heavy atom. The first-order valence-electron chi connectivity index (χ1n) is 7.13. The van der Waals surface area contributed by atoms with Crippen LogP contribution in [0.15, 0.2) is 48.5 Å². The highest BCUT2D eigenvalue weighted by molar-refractivity contribution is 5.94. The largest absolute Gasteiger partial charge is 0.451 e. The zero-order valence-corrected chi connectivity index (χ0v) is 11.8. The molecular weight excluding hydrogens is 248 g/mol. The van der Waals surface area contributed by atoms with Crippen LogP contribution in [-0.2, 0) is 10.3 Å². The van der Waals surface area contributed by atoms with Crippen molar-refractivity contribution in [3.05, 3.63) is 59.7 Å². The number of fused-ring (bicyclic) bond motifs is 2. The van der Waals surface area contributed by atoms with E-state index < -0.39 is 0 Å². The van der Waals surface area contributed by atoms with Crippen molar-refractivity contribution >= 4 is 5.97 Å². The fourth-order valence-electron chi connectivity index (χ4n) is 2.80. The summed E-state index contributed by atoms with van der Waals surface area (Å²) in [6.45, 7) is 4.11. The fourth-order valence-corrected chi connectivity index (χ4v) is 2.80. The summed E-state index contributed by atoms with van der Waals surface area (Å²) >= 11 is 0. The molecule has 1 aromatic rings. The maximum atomic E-state index is 11.6. The molecule has 0 saturated carbocycles. The van der Waals surface area contributed by atoms with Gasteiger partial charge in [0.25, 0.3) is 0 Å². The van der Waals surface area contributed by atoms with Gasteiger partial charge in [-0.15, -0.1) is 0 Å². The minimum absolute atomic E-state index is 0.177. The number of hydrogen-bond donors (Lipinski definition) is 0. The van der Waals surface area contributed by atoms with Crippen LogP contribution in [0.5, 0.6) is 0 Å². The van der Waals surface area contributed by atoms with Crippen molar-refractivity contribution in [2.24, 2.45) is 0 Å². The average molecular weight is 266 g/mol. The number of carbonyl (C=O) groups excluding carboxylic acids is 1. The summed E-state index contributed by atoms with van der Waals surface area (Å²) in [6.07, 6.45) is 1.68. The highest BCUT2D eigenvalue weighted by Crippen LogP contribution is 2.41. The summed E-state index contributed by atoms with van der Waals surface area (Å²) in [6, 6.07) is 16.1. The van der Waals surface area contributed by atoms with Crippen LogP contribution in [0.4, 0.5) is 0 Å². The van der Waals surface area contributed by atoms with E-state index in [2.05, 4.69) is 38.1 Å². The minimum atomic E-state index is -0.367. The molecule has 3 aliphatic rings. The normalized spacial score (nSPS) is 15.8. The summed E-state index contributed by atoms with van der Waals surface area (Å²) in [4.78, 5) is 11.6. The van der Waals surface area contributed by atoms with E-state index in [9.17, 15) is 4.79 Å². The Hall–Kier alpha value is -2.09. The highest BCUT2D eigenvalue weighted by atomic mass is 16.6. The van der Waals surface area contributed by atoms with Gasteiger partial charge in [0.15, 0.2) is 0 Å². The first-order chi connectivity index (χ1) is 9.70. The van der Waals surface area contributed by atoms with E-state index >= 15 is 0 Å². The smallest absolute Gasteiger partial charge is 0.339 e. The number of hydrogen-bond acceptors (Lipinski definition) is 2. The van der Waals surface area contributed by atoms with Gasteiger partial charge >= 0.3 is 5.97 Å². The van der Waals surface area contributed by atoms with E-state index in [1.165, 1.54) is 11.1 Å². The lowest BCUT2D eigenvalue weighted by atomic mass is 9.88. The van der Waals surface area contributed by atoms with E-state index in [-0.39, 0.29) is 11.6 Å². The van der Waals surface area contributed by atoms with Gasteiger partial charge in [0.05, 0.1) is 5.56 Å². The Bertz CT molecular complexity index is 637. The molecule has 2 heteroatoms. The molecule has 1 heterocycles. The molecule has 0 radical (unpaired) electrons. The van der Waals surface area contributed by atoms with Gasteiger partial charge in [-0.1, -0.05) is 50.2 Å². The van der Waals surface area contributed by atoms with E-state index in [4.69, 9.17) is 4.74 Å². The van der Waals surface area contributed by atoms with E-state index in [1.54, 1.807) is 0 Å². The van der Waals surface area contributed by atoms with Crippen molar-refractivity contribution in [3.8, 4) is 11.1 Å². The van der Waals surface area contributed by atoms with Crippen molar-refractivity contribution in [1.82, 2.24) is 0 Å². The van der Waals surface area contributed by atoms with Gasteiger partial charge < -0.3 is 4.74 Å². The van der Waals surface area contributed by atoms with E-state index in [0.29, 0.717) is 0 Å². The van der Waals surface area contributed by atoms with Crippen LogP contribution in [0, 0.1) is 0 Å². The molecule has 2 nitrogen and oxygen atoms in total. The monoisotopic (exact) mass is 266 g/mol. The predicted octanol–water partition coefficient (Wildman–Crippen LogP) is 4.54. The van der Waals surface area contributed by atoms with Crippen molar-refractivity contribution < 1.29 is 9.53 Å². The van der Waals surface area contributed by atoms with Gasteiger partial charge in [-0.05, 0) is 36.1 Å². The van der Waals surface area contributed by atoms with Gasteiger partial charge in [-0.2, -0.15) is 0 Å². The topological polar surface area (TPSA) is 26.3 Å². The quantitative estimate of drug-likeness (QED) is 0.636. The van der Waals surface area contributed by atoms with Crippen LogP contribution in [0.2, 0.25) is 0 Å². The van der Waals surface area contributed by atoms with Crippen LogP contribution >= 0.6 is 0 Å². The Morgan fingerprint density at radius 2 is 1.60 bits per heavy atom. The molecule has 4 rings (SSSR count). The van der Waals surface area contributed by atoms with E-state index in [1.807, 2.05) is 24.3 Å². The second kappa shape index (κ2) is 4.78. The van der Waals surface area contributed by atoms with Crippen molar-refractivity contribution in [1.29, 1.82) is 0 Å². The summed E-state index contributed by atoms with van der Waals surface area (Å²) in [7, 11) is 0. The van der Waals surface area contributed by atoms with Gasteiger partial charge in [0, 0.05) is 5.56 Å². The molecule has 0 amide bonds. The van der Waals surface area contributed by atoms with Crippen molar-refractivity contribution in [2.45, 2.75) is 32.3 Å². The Kier molecular flexibility index (Phi) is 3.09. The number of ether oxygens (including phenoxy) is 1. The molecule has 0 atom stereocenters. The zero-order valence-electron chi connectivity index (χ0n) is 11.8. The molecule has 1 aliphatic heterocycles. The first kappa shape index (κ1) is 12.9. The Morgan fingerprint density at radius 1 is 0.950 bits per heavy atom. The molecule has 0 fully saturated rings. The van der Waals surface area contributed by atoms with Crippen LogP contribution in [0.3, 0.4) is 0 Å². The van der Waals surface area contributed by atoms with E-state index in [0.717, 1.165) is 24.0 Å². The fraction of sp³-hybridized carbons (Fsp3) is 0.278. The van der Waals surface area contributed by atoms with Gasteiger partial charge in [-0.3, -0.25) is 0 Å². The standard InChI is InChI=1S/C12H14O2.C6H4/c1-3-12(4-2)10-8-6-5-7-9(10)11(13)14-12;1-2-5-4-6(5)3-1/h5-8H,3-4H2,1-2H3;1-4H. The molecule has 102 valence electrons. The SMILES string of the molecule is CCC1(CC)OC(=O)c2ccccc21.c1cc2cc-2c1. The molecule has 0 N–H and O–H groups in total. The summed E-state index contributed by atoms with van der Waals surface area (Å²) in [5, 5.41) is 0. The number of cyclic esters (lactones) is 1. The van der Waals surface area contributed by atoms with Crippen molar-refractivity contribution in [3.63, 3.8) is 0 Å². The van der Waals surface area contributed by atoms with Crippen LogP contribution < -0.4 is 0 Å². The molecule has 0 saturated heterocycles. The van der Waals surface area contributed by atoms with Gasteiger partial charge in [-0.25, -0.2) is 4.79 Å². The zero-order chi connectivity index (χ0) is 14.2.